The van der Waals surface area contributed by atoms with Crippen LogP contribution in [-0.4, -0.2) is 30.8 Å². The van der Waals surface area contributed by atoms with E-state index in [0.717, 1.165) is 11.1 Å². The first-order valence-electron chi connectivity index (χ1n) is 6.85. The zero-order valence-corrected chi connectivity index (χ0v) is 12.1. The van der Waals surface area contributed by atoms with Crippen LogP contribution in [-0.2, 0) is 15.1 Å². The van der Waals surface area contributed by atoms with E-state index in [1.807, 2.05) is 14.0 Å². The Morgan fingerprint density at radius 3 is 2.86 bits per heavy atom. The number of carbonyl (C=O) groups is 1. The lowest BCUT2D eigenvalue weighted by atomic mass is 9.83. The lowest BCUT2D eigenvalue weighted by Crippen LogP contribution is -2.25. The Balaban J connectivity index is 2.05. The predicted molar refractivity (Wildman–Crippen MR) is 77.5 cm³/mol. The molecule has 1 saturated heterocycles. The van der Waals surface area contributed by atoms with Crippen molar-refractivity contribution in [2.45, 2.75) is 24.9 Å². The number of hydrogen-bond donors (Lipinski definition) is 0. The number of hydrazone groups is 1. The molecule has 0 amide bonds. The maximum atomic E-state index is 13.7. The molecular formula is C16H17FN2O2. The molecule has 1 unspecified atom stereocenters. The van der Waals surface area contributed by atoms with Crippen LogP contribution in [0.3, 0.4) is 0 Å². The van der Waals surface area contributed by atoms with Crippen LogP contribution in [0.2, 0.25) is 0 Å². The summed E-state index contributed by atoms with van der Waals surface area (Å²) in [6.45, 7) is 6.25. The van der Waals surface area contributed by atoms with Gasteiger partial charge in [0.2, 0.25) is 0 Å². The maximum absolute atomic E-state index is 13.7. The van der Waals surface area contributed by atoms with Crippen molar-refractivity contribution in [1.29, 1.82) is 0 Å². The molecule has 1 aromatic rings. The van der Waals surface area contributed by atoms with Crippen molar-refractivity contribution < 1.29 is 13.9 Å². The van der Waals surface area contributed by atoms with Crippen LogP contribution < -0.4 is 0 Å². The van der Waals surface area contributed by atoms with Gasteiger partial charge in [0.25, 0.3) is 0 Å². The molecule has 21 heavy (non-hydrogen) atoms. The number of esters is 1. The van der Waals surface area contributed by atoms with Crippen LogP contribution in [0.5, 0.6) is 0 Å². The van der Waals surface area contributed by atoms with Crippen molar-refractivity contribution in [3.63, 3.8) is 0 Å². The smallest absolute Gasteiger partial charge is 0.334 e. The molecule has 0 bridgehead atoms. The van der Waals surface area contributed by atoms with Gasteiger partial charge in [-0.15, -0.1) is 0 Å². The molecule has 1 aromatic carbocycles. The molecule has 2 aliphatic rings. The van der Waals surface area contributed by atoms with Gasteiger partial charge in [0, 0.05) is 37.7 Å². The summed E-state index contributed by atoms with van der Waals surface area (Å²) in [5, 5.41) is 6.01. The summed E-state index contributed by atoms with van der Waals surface area (Å²) in [5.74, 6) is -0.696. The van der Waals surface area contributed by atoms with E-state index in [9.17, 15) is 9.18 Å². The van der Waals surface area contributed by atoms with Gasteiger partial charge in [-0.05, 0) is 30.2 Å². The minimum Gasteiger partial charge on any atom is -0.451 e. The van der Waals surface area contributed by atoms with Crippen molar-refractivity contribution in [3.8, 4) is 0 Å². The van der Waals surface area contributed by atoms with Gasteiger partial charge in [0.1, 0.15) is 11.4 Å². The van der Waals surface area contributed by atoms with Gasteiger partial charge >= 0.3 is 5.97 Å². The van der Waals surface area contributed by atoms with Crippen LogP contribution >= 0.6 is 0 Å². The minimum atomic E-state index is -0.786. The van der Waals surface area contributed by atoms with E-state index in [-0.39, 0.29) is 17.7 Å². The van der Waals surface area contributed by atoms with E-state index in [1.54, 1.807) is 17.3 Å². The van der Waals surface area contributed by atoms with Gasteiger partial charge in [0.05, 0.1) is 0 Å². The molecule has 0 aliphatic carbocycles. The normalized spacial score (nSPS) is 28.3. The Labute approximate surface area is 122 Å². The molecule has 2 atom stereocenters. The molecule has 5 heteroatoms. The van der Waals surface area contributed by atoms with Gasteiger partial charge in [-0.1, -0.05) is 12.6 Å². The summed E-state index contributed by atoms with van der Waals surface area (Å²) in [7, 11) is 1.87. The number of benzene rings is 1. The first kappa shape index (κ1) is 13.8. The SMILES string of the molecule is C=C1C[C@@](C)(c2ccc(F)cc2C2C=NN(C)C2)OC1=O. The summed E-state index contributed by atoms with van der Waals surface area (Å²) < 4.78 is 19.2. The van der Waals surface area contributed by atoms with Gasteiger partial charge in [-0.2, -0.15) is 5.10 Å². The molecule has 0 spiro atoms. The highest BCUT2D eigenvalue weighted by molar-refractivity contribution is 5.90. The lowest BCUT2D eigenvalue weighted by Gasteiger charge is -2.27. The van der Waals surface area contributed by atoms with E-state index < -0.39 is 5.60 Å². The van der Waals surface area contributed by atoms with Crippen molar-refractivity contribution in [1.82, 2.24) is 5.01 Å². The summed E-state index contributed by atoms with van der Waals surface area (Å²) in [5.41, 5.74) is 1.30. The fraction of sp³-hybridized carbons (Fsp3) is 0.375. The molecule has 0 radical (unpaired) electrons. The third-order valence-corrected chi connectivity index (χ3v) is 4.04. The van der Waals surface area contributed by atoms with Crippen molar-refractivity contribution in [2.24, 2.45) is 5.10 Å². The van der Waals surface area contributed by atoms with Crippen LogP contribution in [0.4, 0.5) is 4.39 Å². The van der Waals surface area contributed by atoms with Crippen LogP contribution in [0.1, 0.15) is 30.4 Å². The highest BCUT2D eigenvalue weighted by Crippen LogP contribution is 2.42. The number of nitrogens with zero attached hydrogens (tertiary/aromatic N) is 2. The number of likely N-dealkylation sites (N-methyl/N-ethyl adjacent to an activating group) is 1. The maximum Gasteiger partial charge on any atom is 0.334 e. The van der Waals surface area contributed by atoms with Gasteiger partial charge < -0.3 is 4.74 Å². The largest absolute Gasteiger partial charge is 0.451 e. The van der Waals surface area contributed by atoms with E-state index in [1.165, 1.54) is 12.1 Å². The van der Waals surface area contributed by atoms with Crippen molar-refractivity contribution >= 4 is 12.2 Å². The average molecular weight is 288 g/mol. The second-order valence-electron chi connectivity index (χ2n) is 5.84. The van der Waals surface area contributed by atoms with E-state index in [2.05, 4.69) is 11.7 Å². The fourth-order valence-electron chi connectivity index (χ4n) is 3.02. The van der Waals surface area contributed by atoms with Crippen molar-refractivity contribution in [2.75, 3.05) is 13.6 Å². The number of carbonyl (C=O) groups excluding carboxylic acids is 1. The Kier molecular flexibility index (Phi) is 3.08. The van der Waals surface area contributed by atoms with Gasteiger partial charge in [-0.25, -0.2) is 9.18 Å². The van der Waals surface area contributed by atoms with Gasteiger partial charge in [0.15, 0.2) is 0 Å². The quantitative estimate of drug-likeness (QED) is 0.620. The van der Waals surface area contributed by atoms with E-state index in [4.69, 9.17) is 4.74 Å². The van der Waals surface area contributed by atoms with E-state index >= 15 is 0 Å². The average Bonchev–Trinajstić information content (AvgIpc) is 2.94. The Morgan fingerprint density at radius 1 is 1.52 bits per heavy atom. The van der Waals surface area contributed by atoms with E-state index in [0.29, 0.717) is 18.5 Å². The number of rotatable bonds is 2. The van der Waals surface area contributed by atoms with Crippen LogP contribution in [0.15, 0.2) is 35.5 Å². The molecule has 0 saturated carbocycles. The molecule has 2 heterocycles. The Morgan fingerprint density at radius 2 is 2.29 bits per heavy atom. The highest BCUT2D eigenvalue weighted by Gasteiger charge is 2.42. The monoisotopic (exact) mass is 288 g/mol. The zero-order chi connectivity index (χ0) is 15.2. The van der Waals surface area contributed by atoms with Crippen LogP contribution in [0.25, 0.3) is 0 Å². The predicted octanol–water partition coefficient (Wildman–Crippen LogP) is 2.56. The first-order chi connectivity index (χ1) is 9.89. The molecule has 0 N–H and O–H groups in total. The van der Waals surface area contributed by atoms with Gasteiger partial charge in [-0.3, -0.25) is 5.01 Å². The Hall–Kier alpha value is -2.17. The summed E-state index contributed by atoms with van der Waals surface area (Å²) in [6, 6.07) is 4.60. The number of hydrogen-bond acceptors (Lipinski definition) is 4. The molecule has 1 fully saturated rings. The number of cyclic esters (lactones) is 1. The van der Waals surface area contributed by atoms with Crippen LogP contribution in [0, 0.1) is 5.82 Å². The molecule has 2 aliphatic heterocycles. The molecular weight excluding hydrogens is 271 g/mol. The summed E-state index contributed by atoms with van der Waals surface area (Å²) in [6.07, 6.45) is 2.22. The second-order valence-corrected chi connectivity index (χ2v) is 5.84. The minimum absolute atomic E-state index is 0.00917. The summed E-state index contributed by atoms with van der Waals surface area (Å²) >= 11 is 0. The third-order valence-electron chi connectivity index (χ3n) is 4.04. The Bertz CT molecular complexity index is 638. The molecule has 4 nitrogen and oxygen atoms in total. The molecule has 0 aromatic heterocycles. The highest BCUT2D eigenvalue weighted by atomic mass is 19.1. The fourth-order valence-corrected chi connectivity index (χ4v) is 3.02. The third kappa shape index (κ3) is 2.33. The number of halogens is 1. The zero-order valence-electron chi connectivity index (χ0n) is 12.1. The topological polar surface area (TPSA) is 41.9 Å². The lowest BCUT2D eigenvalue weighted by molar-refractivity contribution is -0.145. The molecule has 3 rings (SSSR count). The summed E-state index contributed by atoms with van der Waals surface area (Å²) in [4.78, 5) is 11.7. The first-order valence-corrected chi connectivity index (χ1v) is 6.85. The second kappa shape index (κ2) is 4.69. The standard InChI is InChI=1S/C16H17FN2O2/c1-10-7-16(2,21-15(10)20)14-5-4-12(17)6-13(14)11-8-18-19(3)9-11/h4-6,8,11H,1,7,9H2,2-3H3/t11?,16-/m0/s1. The van der Waals surface area contributed by atoms with Crippen molar-refractivity contribution in [3.05, 3.63) is 47.3 Å². The number of ether oxygens (including phenoxy) is 1. The molecule has 110 valence electrons.